The molecule has 2 atom stereocenters. The van der Waals surface area contributed by atoms with Crippen LogP contribution in [0.1, 0.15) is 18.9 Å². The fourth-order valence-electron chi connectivity index (χ4n) is 3.15. The van der Waals surface area contributed by atoms with E-state index in [2.05, 4.69) is 10.6 Å². The van der Waals surface area contributed by atoms with E-state index in [-0.39, 0.29) is 11.5 Å². The summed E-state index contributed by atoms with van der Waals surface area (Å²) in [6, 6.07) is 5.31. The SMILES string of the molecule is CC1(c2ccc(Cl)cc2)NC(=O)N(CC(=O)NC2CCS(=O)(=O)C2)C1=O. The zero-order chi connectivity index (χ0) is 19.1. The van der Waals surface area contributed by atoms with Crippen LogP contribution < -0.4 is 10.6 Å². The number of urea groups is 1. The highest BCUT2D eigenvalue weighted by Gasteiger charge is 2.49. The molecular formula is C16H18ClN3O5S. The van der Waals surface area contributed by atoms with Crippen molar-refractivity contribution in [3.63, 3.8) is 0 Å². The van der Waals surface area contributed by atoms with Gasteiger partial charge in [0.05, 0.1) is 11.5 Å². The lowest BCUT2D eigenvalue weighted by atomic mass is 9.92. The van der Waals surface area contributed by atoms with E-state index in [1.165, 1.54) is 0 Å². The highest BCUT2D eigenvalue weighted by atomic mass is 35.5. The predicted molar refractivity (Wildman–Crippen MR) is 94.3 cm³/mol. The van der Waals surface area contributed by atoms with Gasteiger partial charge in [0.25, 0.3) is 5.91 Å². The minimum absolute atomic E-state index is 0.0235. The van der Waals surface area contributed by atoms with Gasteiger partial charge in [-0.1, -0.05) is 23.7 Å². The number of carbonyl (C=O) groups is 3. The highest BCUT2D eigenvalue weighted by Crippen LogP contribution is 2.29. The molecule has 26 heavy (non-hydrogen) atoms. The Morgan fingerprint density at radius 1 is 1.35 bits per heavy atom. The van der Waals surface area contributed by atoms with Gasteiger partial charge in [0.1, 0.15) is 12.1 Å². The van der Waals surface area contributed by atoms with Gasteiger partial charge in [-0.2, -0.15) is 0 Å². The van der Waals surface area contributed by atoms with Crippen LogP contribution in [-0.4, -0.2) is 55.3 Å². The van der Waals surface area contributed by atoms with Gasteiger partial charge in [-0.05, 0) is 31.0 Å². The van der Waals surface area contributed by atoms with Crippen molar-refractivity contribution in [2.75, 3.05) is 18.1 Å². The van der Waals surface area contributed by atoms with Gasteiger partial charge in [0.2, 0.25) is 5.91 Å². The molecule has 10 heteroatoms. The average molecular weight is 400 g/mol. The number of hydrogen-bond donors (Lipinski definition) is 2. The normalized spacial score (nSPS) is 27.5. The summed E-state index contributed by atoms with van der Waals surface area (Å²) in [5.41, 5.74) is -0.747. The summed E-state index contributed by atoms with van der Waals surface area (Å²) in [6.45, 7) is 1.09. The first-order valence-electron chi connectivity index (χ1n) is 8.01. The molecule has 2 saturated heterocycles. The van der Waals surface area contributed by atoms with Crippen LogP contribution in [0.3, 0.4) is 0 Å². The Morgan fingerprint density at radius 2 is 2.00 bits per heavy atom. The van der Waals surface area contributed by atoms with Crippen molar-refractivity contribution in [3.8, 4) is 0 Å². The molecule has 0 spiro atoms. The molecule has 0 aliphatic carbocycles. The van der Waals surface area contributed by atoms with Gasteiger partial charge in [-0.25, -0.2) is 13.2 Å². The van der Waals surface area contributed by atoms with Crippen LogP contribution in [0, 0.1) is 0 Å². The van der Waals surface area contributed by atoms with Crippen LogP contribution in [-0.2, 0) is 25.0 Å². The van der Waals surface area contributed by atoms with Crippen molar-refractivity contribution >= 4 is 39.3 Å². The van der Waals surface area contributed by atoms with E-state index in [1.807, 2.05) is 0 Å². The number of halogens is 1. The van der Waals surface area contributed by atoms with Crippen molar-refractivity contribution in [2.24, 2.45) is 0 Å². The minimum atomic E-state index is -3.13. The fraction of sp³-hybridized carbons (Fsp3) is 0.438. The first-order chi connectivity index (χ1) is 12.1. The molecule has 0 bridgehead atoms. The summed E-state index contributed by atoms with van der Waals surface area (Å²) in [4.78, 5) is 37.9. The maximum Gasteiger partial charge on any atom is 0.325 e. The largest absolute Gasteiger partial charge is 0.351 e. The van der Waals surface area contributed by atoms with E-state index >= 15 is 0 Å². The van der Waals surface area contributed by atoms with Crippen molar-refractivity contribution in [3.05, 3.63) is 34.9 Å². The minimum Gasteiger partial charge on any atom is -0.351 e. The Bertz CT molecular complexity index is 870. The quantitative estimate of drug-likeness (QED) is 0.712. The lowest BCUT2D eigenvalue weighted by Crippen LogP contribution is -2.45. The summed E-state index contributed by atoms with van der Waals surface area (Å²) in [5.74, 6) is -1.23. The second kappa shape index (κ2) is 6.55. The standard InChI is InChI=1S/C16H18ClN3O5S/c1-16(10-2-4-11(17)5-3-10)14(22)20(15(23)19-16)8-13(21)18-12-6-7-26(24,25)9-12/h2-5,12H,6-9H2,1H3,(H,18,21)(H,19,23). The molecule has 3 rings (SSSR count). The molecule has 140 valence electrons. The predicted octanol–water partition coefficient (Wildman–Crippen LogP) is 0.410. The van der Waals surface area contributed by atoms with Crippen LogP contribution in [0.4, 0.5) is 4.79 Å². The van der Waals surface area contributed by atoms with Crippen LogP contribution in [0.5, 0.6) is 0 Å². The average Bonchev–Trinajstić information content (AvgIpc) is 3.00. The number of amides is 4. The molecule has 8 nitrogen and oxygen atoms in total. The molecule has 2 aliphatic heterocycles. The lowest BCUT2D eigenvalue weighted by Gasteiger charge is -2.22. The summed E-state index contributed by atoms with van der Waals surface area (Å²) in [6.07, 6.45) is 0.330. The van der Waals surface area contributed by atoms with Gasteiger partial charge in [-0.15, -0.1) is 0 Å². The van der Waals surface area contributed by atoms with Crippen molar-refractivity contribution in [2.45, 2.75) is 24.9 Å². The first kappa shape index (κ1) is 18.7. The maximum absolute atomic E-state index is 12.7. The number of imide groups is 1. The molecule has 2 fully saturated rings. The van der Waals surface area contributed by atoms with E-state index in [0.717, 1.165) is 4.90 Å². The molecule has 4 amide bonds. The summed E-state index contributed by atoms with van der Waals surface area (Å²) in [7, 11) is -3.13. The Labute approximate surface area is 155 Å². The molecule has 2 unspecified atom stereocenters. The zero-order valence-corrected chi connectivity index (χ0v) is 15.6. The number of benzene rings is 1. The topological polar surface area (TPSA) is 113 Å². The van der Waals surface area contributed by atoms with Crippen molar-refractivity contribution in [1.29, 1.82) is 0 Å². The monoisotopic (exact) mass is 399 g/mol. The van der Waals surface area contributed by atoms with Crippen LogP contribution >= 0.6 is 11.6 Å². The molecule has 0 radical (unpaired) electrons. The number of carbonyl (C=O) groups excluding carboxylic acids is 3. The Morgan fingerprint density at radius 3 is 2.58 bits per heavy atom. The lowest BCUT2D eigenvalue weighted by molar-refractivity contribution is -0.135. The molecule has 0 aromatic heterocycles. The van der Waals surface area contributed by atoms with Gasteiger partial charge < -0.3 is 10.6 Å². The molecule has 2 N–H and O–H groups in total. The number of nitrogens with zero attached hydrogens (tertiary/aromatic N) is 1. The van der Waals surface area contributed by atoms with Crippen molar-refractivity contribution in [1.82, 2.24) is 15.5 Å². The van der Waals surface area contributed by atoms with Gasteiger partial charge in [0, 0.05) is 11.1 Å². The zero-order valence-electron chi connectivity index (χ0n) is 14.0. The molecule has 1 aromatic rings. The third-order valence-corrected chi connectivity index (χ3v) is 6.62. The van der Waals surface area contributed by atoms with E-state index in [9.17, 15) is 22.8 Å². The smallest absolute Gasteiger partial charge is 0.325 e. The highest BCUT2D eigenvalue weighted by molar-refractivity contribution is 7.91. The third-order valence-electron chi connectivity index (χ3n) is 4.60. The molecule has 2 aliphatic rings. The Balaban J connectivity index is 1.69. The van der Waals surface area contributed by atoms with Crippen LogP contribution in [0.25, 0.3) is 0 Å². The maximum atomic E-state index is 12.7. The molecule has 2 heterocycles. The molecule has 0 saturated carbocycles. The Hall–Kier alpha value is -2.13. The Kier molecular flexibility index (Phi) is 4.70. The first-order valence-corrected chi connectivity index (χ1v) is 10.2. The fourth-order valence-corrected chi connectivity index (χ4v) is 4.94. The second-order valence-electron chi connectivity index (χ2n) is 6.62. The van der Waals surface area contributed by atoms with Crippen molar-refractivity contribution < 1.29 is 22.8 Å². The summed E-state index contributed by atoms with van der Waals surface area (Å²) >= 11 is 5.85. The number of hydrogen-bond acceptors (Lipinski definition) is 5. The number of nitrogens with one attached hydrogen (secondary N) is 2. The van der Waals surface area contributed by atoms with Gasteiger partial charge in [-0.3, -0.25) is 14.5 Å². The second-order valence-corrected chi connectivity index (χ2v) is 9.29. The number of rotatable bonds is 4. The summed E-state index contributed by atoms with van der Waals surface area (Å²) < 4.78 is 22.9. The van der Waals surface area contributed by atoms with E-state index in [1.54, 1.807) is 31.2 Å². The summed E-state index contributed by atoms with van der Waals surface area (Å²) in [5, 5.41) is 5.66. The molecular weight excluding hydrogens is 382 g/mol. The van der Waals surface area contributed by atoms with Gasteiger partial charge >= 0.3 is 6.03 Å². The van der Waals surface area contributed by atoms with Crippen LogP contribution in [0.15, 0.2) is 24.3 Å². The van der Waals surface area contributed by atoms with Crippen LogP contribution in [0.2, 0.25) is 5.02 Å². The molecule has 1 aromatic carbocycles. The van der Waals surface area contributed by atoms with E-state index < -0.39 is 45.8 Å². The third kappa shape index (κ3) is 3.54. The van der Waals surface area contributed by atoms with E-state index in [0.29, 0.717) is 17.0 Å². The number of sulfone groups is 1. The van der Waals surface area contributed by atoms with Gasteiger partial charge in [0.15, 0.2) is 9.84 Å². The van der Waals surface area contributed by atoms with E-state index in [4.69, 9.17) is 11.6 Å².